The lowest BCUT2D eigenvalue weighted by Gasteiger charge is -2.02. The fourth-order valence-electron chi connectivity index (χ4n) is 1.30. The largest absolute Gasteiger partial charge is 0.465 e. The Morgan fingerprint density at radius 3 is 2.89 bits per heavy atom. The van der Waals surface area contributed by atoms with Crippen LogP contribution in [0.3, 0.4) is 0 Å². The summed E-state index contributed by atoms with van der Waals surface area (Å²) >= 11 is 3.04. The van der Waals surface area contributed by atoms with E-state index in [1.54, 1.807) is 18.2 Å². The van der Waals surface area contributed by atoms with Crippen molar-refractivity contribution in [3.8, 4) is 0 Å². The molecule has 1 aromatic heterocycles. The smallest absolute Gasteiger partial charge is 0.248 e. The number of hydrogen-bond donors (Lipinski definition) is 1. The zero-order valence-corrected chi connectivity index (χ0v) is 10.8. The fourth-order valence-corrected chi connectivity index (χ4v) is 1.55. The summed E-state index contributed by atoms with van der Waals surface area (Å²) in [5.41, 5.74) is 0.393. The molecule has 5 heteroatoms. The van der Waals surface area contributed by atoms with Gasteiger partial charge in [0.05, 0.1) is 10.7 Å². The van der Waals surface area contributed by atoms with Gasteiger partial charge in [0.15, 0.2) is 0 Å². The molecule has 1 N–H and O–H groups in total. The maximum Gasteiger partial charge on any atom is 0.248 e. The average Bonchev–Trinajstić information content (AvgIpc) is 2.84. The highest BCUT2D eigenvalue weighted by Crippen LogP contribution is 2.19. The summed E-state index contributed by atoms with van der Waals surface area (Å²) in [7, 11) is 0. The van der Waals surface area contributed by atoms with Crippen LogP contribution in [0.1, 0.15) is 5.76 Å². The van der Waals surface area contributed by atoms with Gasteiger partial charge in [0.25, 0.3) is 0 Å². The zero-order valence-electron chi connectivity index (χ0n) is 9.19. The van der Waals surface area contributed by atoms with E-state index in [-0.39, 0.29) is 5.91 Å². The second-order valence-electron chi connectivity index (χ2n) is 3.47. The molecular formula is C13H9BrFNO2. The van der Waals surface area contributed by atoms with Crippen molar-refractivity contribution in [3.05, 3.63) is 58.7 Å². The summed E-state index contributed by atoms with van der Waals surface area (Å²) in [6.45, 7) is 0. The van der Waals surface area contributed by atoms with Crippen LogP contribution >= 0.6 is 15.9 Å². The van der Waals surface area contributed by atoms with E-state index in [2.05, 4.69) is 21.2 Å². The van der Waals surface area contributed by atoms with E-state index in [0.29, 0.717) is 15.9 Å². The van der Waals surface area contributed by atoms with Crippen molar-refractivity contribution in [1.82, 2.24) is 0 Å². The quantitative estimate of drug-likeness (QED) is 0.875. The minimum absolute atomic E-state index is 0.353. The minimum Gasteiger partial charge on any atom is -0.465 e. The van der Waals surface area contributed by atoms with Gasteiger partial charge in [-0.25, -0.2) is 4.39 Å². The van der Waals surface area contributed by atoms with Gasteiger partial charge < -0.3 is 9.73 Å². The molecular weight excluding hydrogens is 301 g/mol. The Morgan fingerprint density at radius 1 is 1.39 bits per heavy atom. The van der Waals surface area contributed by atoms with E-state index in [1.165, 1.54) is 30.5 Å². The van der Waals surface area contributed by atoms with E-state index in [9.17, 15) is 9.18 Å². The minimum atomic E-state index is -0.428. The van der Waals surface area contributed by atoms with E-state index in [0.717, 1.165) is 0 Å². The number of rotatable bonds is 3. The number of furan rings is 1. The molecule has 0 radical (unpaired) electrons. The Bertz CT molecular complexity index is 579. The summed E-state index contributed by atoms with van der Waals surface area (Å²) in [6.07, 6.45) is 4.37. The van der Waals surface area contributed by atoms with Gasteiger partial charge in [-0.05, 0) is 52.3 Å². The summed E-state index contributed by atoms with van der Waals surface area (Å²) in [6, 6.07) is 7.82. The second-order valence-corrected chi connectivity index (χ2v) is 4.32. The van der Waals surface area contributed by atoms with Gasteiger partial charge in [0.1, 0.15) is 11.6 Å². The predicted molar refractivity (Wildman–Crippen MR) is 70.5 cm³/mol. The molecule has 0 aliphatic carbocycles. The van der Waals surface area contributed by atoms with Crippen molar-refractivity contribution in [2.45, 2.75) is 0 Å². The number of nitrogens with one attached hydrogen (secondary N) is 1. The van der Waals surface area contributed by atoms with Gasteiger partial charge in [-0.3, -0.25) is 4.79 Å². The number of hydrogen-bond acceptors (Lipinski definition) is 2. The van der Waals surface area contributed by atoms with Gasteiger partial charge in [0, 0.05) is 11.8 Å². The van der Waals surface area contributed by atoms with Gasteiger partial charge in [-0.15, -0.1) is 0 Å². The third-order valence-corrected chi connectivity index (χ3v) is 2.77. The number of anilines is 1. The lowest BCUT2D eigenvalue weighted by Crippen LogP contribution is -2.07. The zero-order chi connectivity index (χ0) is 13.0. The molecule has 1 amide bonds. The van der Waals surface area contributed by atoms with E-state index < -0.39 is 5.82 Å². The molecule has 0 saturated heterocycles. The molecule has 0 atom stereocenters. The number of carbonyl (C=O) groups is 1. The standard InChI is InChI=1S/C13H9BrFNO2/c14-11-5-3-9(8-12(11)15)16-13(17)6-4-10-2-1-7-18-10/h1-8H,(H,16,17). The van der Waals surface area contributed by atoms with Crippen molar-refractivity contribution in [2.24, 2.45) is 0 Å². The molecule has 18 heavy (non-hydrogen) atoms. The monoisotopic (exact) mass is 309 g/mol. The number of amides is 1. The Hall–Kier alpha value is -1.88. The highest BCUT2D eigenvalue weighted by Gasteiger charge is 2.02. The van der Waals surface area contributed by atoms with Crippen molar-refractivity contribution in [2.75, 3.05) is 5.32 Å². The molecule has 2 rings (SSSR count). The lowest BCUT2D eigenvalue weighted by atomic mass is 10.3. The van der Waals surface area contributed by atoms with E-state index in [4.69, 9.17) is 4.42 Å². The molecule has 92 valence electrons. The Morgan fingerprint density at radius 2 is 2.22 bits per heavy atom. The third kappa shape index (κ3) is 3.30. The Labute approximate surface area is 111 Å². The van der Waals surface area contributed by atoms with Crippen molar-refractivity contribution < 1.29 is 13.6 Å². The van der Waals surface area contributed by atoms with Gasteiger partial charge in [0.2, 0.25) is 5.91 Å². The second kappa shape index (κ2) is 5.64. The molecule has 0 aliphatic rings. The number of carbonyl (C=O) groups excluding carboxylic acids is 1. The number of halogens is 2. The maximum atomic E-state index is 13.2. The first kappa shape index (κ1) is 12.6. The molecule has 3 nitrogen and oxygen atoms in total. The molecule has 0 spiro atoms. The Balaban J connectivity index is 2.01. The molecule has 0 saturated carbocycles. The summed E-state index contributed by atoms with van der Waals surface area (Å²) in [5.74, 6) is -0.205. The average molecular weight is 310 g/mol. The van der Waals surface area contributed by atoms with Crippen molar-refractivity contribution in [3.63, 3.8) is 0 Å². The van der Waals surface area contributed by atoms with Crippen LogP contribution in [0.5, 0.6) is 0 Å². The lowest BCUT2D eigenvalue weighted by molar-refractivity contribution is -0.111. The maximum absolute atomic E-state index is 13.2. The molecule has 0 aliphatic heterocycles. The molecule has 0 fully saturated rings. The van der Waals surface area contributed by atoms with Crippen LogP contribution in [0.15, 0.2) is 51.6 Å². The van der Waals surface area contributed by atoms with Crippen LogP contribution in [-0.2, 0) is 4.79 Å². The first-order valence-electron chi connectivity index (χ1n) is 5.13. The molecule has 0 bridgehead atoms. The fraction of sp³-hybridized carbons (Fsp3) is 0. The third-order valence-electron chi connectivity index (χ3n) is 2.13. The van der Waals surface area contributed by atoms with E-state index in [1.807, 2.05) is 0 Å². The van der Waals surface area contributed by atoms with Crippen LogP contribution in [0.2, 0.25) is 0 Å². The van der Waals surface area contributed by atoms with Crippen LogP contribution < -0.4 is 5.32 Å². The highest BCUT2D eigenvalue weighted by atomic mass is 79.9. The molecule has 2 aromatic rings. The van der Waals surface area contributed by atoms with Gasteiger partial charge in [-0.2, -0.15) is 0 Å². The summed E-state index contributed by atoms with van der Waals surface area (Å²) < 4.78 is 18.6. The van der Waals surface area contributed by atoms with E-state index >= 15 is 0 Å². The SMILES string of the molecule is O=C(C=Cc1ccco1)Nc1ccc(Br)c(F)c1. The van der Waals surface area contributed by atoms with Crippen molar-refractivity contribution >= 4 is 33.6 Å². The van der Waals surface area contributed by atoms with Crippen LogP contribution in [0.4, 0.5) is 10.1 Å². The van der Waals surface area contributed by atoms with Crippen LogP contribution in [-0.4, -0.2) is 5.91 Å². The van der Waals surface area contributed by atoms with Crippen LogP contribution in [0.25, 0.3) is 6.08 Å². The Kier molecular flexibility index (Phi) is 3.94. The first-order valence-corrected chi connectivity index (χ1v) is 5.92. The molecule has 0 unspecified atom stereocenters. The topological polar surface area (TPSA) is 42.2 Å². The predicted octanol–water partition coefficient (Wildman–Crippen LogP) is 3.83. The van der Waals surface area contributed by atoms with Crippen molar-refractivity contribution in [1.29, 1.82) is 0 Å². The van der Waals surface area contributed by atoms with Gasteiger partial charge in [-0.1, -0.05) is 0 Å². The first-order chi connectivity index (χ1) is 8.65. The summed E-state index contributed by atoms with van der Waals surface area (Å²) in [5, 5.41) is 2.54. The molecule has 1 heterocycles. The number of benzene rings is 1. The van der Waals surface area contributed by atoms with Crippen LogP contribution in [0, 0.1) is 5.82 Å². The van der Waals surface area contributed by atoms with Gasteiger partial charge >= 0.3 is 0 Å². The summed E-state index contributed by atoms with van der Waals surface area (Å²) in [4.78, 5) is 11.5. The highest BCUT2D eigenvalue weighted by molar-refractivity contribution is 9.10. The normalized spacial score (nSPS) is 10.8. The molecule has 1 aromatic carbocycles.